The third kappa shape index (κ3) is 3.41. The first-order chi connectivity index (χ1) is 17.5. The second-order valence-electron chi connectivity index (χ2n) is 12.0. The predicted molar refractivity (Wildman–Crippen MR) is 150 cm³/mol. The summed E-state index contributed by atoms with van der Waals surface area (Å²) in [5.41, 5.74) is 13.4. The van der Waals surface area contributed by atoms with E-state index in [1.807, 2.05) is 0 Å². The number of hydrogen-bond donors (Lipinski definition) is 1. The van der Waals surface area contributed by atoms with E-state index >= 15 is 0 Å². The van der Waals surface area contributed by atoms with E-state index in [0.717, 1.165) is 25.7 Å². The van der Waals surface area contributed by atoms with Crippen molar-refractivity contribution in [3.63, 3.8) is 0 Å². The normalized spacial score (nSPS) is 32.2. The van der Waals surface area contributed by atoms with E-state index in [-0.39, 0.29) is 5.41 Å². The van der Waals surface area contributed by atoms with Gasteiger partial charge in [0.1, 0.15) is 0 Å². The van der Waals surface area contributed by atoms with Crippen LogP contribution in [0.3, 0.4) is 0 Å². The van der Waals surface area contributed by atoms with E-state index in [9.17, 15) is 0 Å². The SMILES string of the molecule is CN1C2CC=C(C3=CCCC=C3)C=C2C2=CC=C(NC3=CCC4C5=CCCC=C5C(C)(C)C4=C3)CC21. The van der Waals surface area contributed by atoms with Crippen molar-refractivity contribution in [1.82, 2.24) is 10.2 Å². The summed E-state index contributed by atoms with van der Waals surface area (Å²) < 4.78 is 0. The number of hydrogen-bond acceptors (Lipinski definition) is 2. The summed E-state index contributed by atoms with van der Waals surface area (Å²) in [6.07, 6.45) is 34.6. The molecule has 7 aliphatic rings. The molecule has 1 heterocycles. The van der Waals surface area contributed by atoms with Gasteiger partial charge in [0.2, 0.25) is 0 Å². The van der Waals surface area contributed by atoms with E-state index in [1.54, 1.807) is 16.7 Å². The van der Waals surface area contributed by atoms with Gasteiger partial charge in [-0.2, -0.15) is 0 Å². The quantitative estimate of drug-likeness (QED) is 0.455. The zero-order valence-electron chi connectivity index (χ0n) is 22.0. The van der Waals surface area contributed by atoms with Crippen molar-refractivity contribution in [2.75, 3.05) is 7.05 Å². The number of rotatable bonds is 3. The molecule has 3 unspecified atom stereocenters. The number of likely N-dealkylation sites (tertiary alicyclic amines) is 1. The third-order valence-corrected chi connectivity index (χ3v) is 9.64. The second-order valence-corrected chi connectivity index (χ2v) is 12.0. The van der Waals surface area contributed by atoms with Gasteiger partial charge in [-0.1, -0.05) is 68.0 Å². The molecule has 184 valence electrons. The standard InChI is InChI=1S/C34H38N2/c1-34(2)30-12-8-7-11-26(30)27-16-14-24(20-31(27)34)35-25-15-17-28-29-19-23(22-9-5-4-6-10-22)13-18-32(29)36(3)33(28)21-25/h5,9-15,17,19-20,27,32-33,35H,4,6-8,16,18,21H2,1-3H3. The highest BCUT2D eigenvalue weighted by molar-refractivity contribution is 5.60. The number of likely N-dealkylation sites (N-methyl/N-ethyl adjacent to an activating group) is 1. The maximum absolute atomic E-state index is 3.85. The van der Waals surface area contributed by atoms with Gasteiger partial charge in [-0.15, -0.1) is 0 Å². The molecular weight excluding hydrogens is 436 g/mol. The molecule has 2 nitrogen and oxygen atoms in total. The van der Waals surface area contributed by atoms with E-state index in [0.29, 0.717) is 18.0 Å². The molecule has 1 aliphatic heterocycles. The molecule has 1 saturated heterocycles. The molecule has 2 fully saturated rings. The van der Waals surface area contributed by atoms with Gasteiger partial charge in [-0.05, 0) is 97.2 Å². The van der Waals surface area contributed by atoms with Crippen molar-refractivity contribution in [2.45, 2.75) is 70.9 Å². The van der Waals surface area contributed by atoms with Gasteiger partial charge in [0.15, 0.2) is 0 Å². The minimum absolute atomic E-state index is 0.146. The highest BCUT2D eigenvalue weighted by atomic mass is 15.2. The Labute approximate surface area is 216 Å². The summed E-state index contributed by atoms with van der Waals surface area (Å²) in [5, 5.41) is 3.85. The van der Waals surface area contributed by atoms with E-state index in [4.69, 9.17) is 0 Å². The van der Waals surface area contributed by atoms with Crippen LogP contribution in [0, 0.1) is 11.3 Å². The molecule has 0 amide bonds. The molecule has 36 heavy (non-hydrogen) atoms. The number of nitrogens with zero attached hydrogens (tertiary/aromatic N) is 1. The molecule has 3 atom stereocenters. The van der Waals surface area contributed by atoms with Crippen LogP contribution in [0.15, 0.2) is 117 Å². The fourth-order valence-corrected chi connectivity index (χ4v) is 7.71. The van der Waals surface area contributed by atoms with Crippen molar-refractivity contribution in [1.29, 1.82) is 0 Å². The van der Waals surface area contributed by atoms with Gasteiger partial charge in [0, 0.05) is 41.2 Å². The van der Waals surface area contributed by atoms with Crippen molar-refractivity contribution in [3.8, 4) is 0 Å². The lowest BCUT2D eigenvalue weighted by atomic mass is 9.79. The van der Waals surface area contributed by atoms with Crippen LogP contribution in [0.2, 0.25) is 0 Å². The molecular formula is C34H38N2. The van der Waals surface area contributed by atoms with Gasteiger partial charge in [0.05, 0.1) is 0 Å². The Bertz CT molecular complexity index is 1330. The maximum Gasteiger partial charge on any atom is 0.0409 e. The van der Waals surface area contributed by atoms with E-state index in [1.165, 1.54) is 52.9 Å². The Balaban J connectivity index is 1.13. The topological polar surface area (TPSA) is 15.3 Å². The van der Waals surface area contributed by atoms with Crippen LogP contribution < -0.4 is 5.32 Å². The molecule has 0 radical (unpaired) electrons. The Morgan fingerprint density at radius 2 is 1.67 bits per heavy atom. The minimum Gasteiger partial charge on any atom is -0.359 e. The molecule has 0 spiro atoms. The average Bonchev–Trinajstić information content (AvgIpc) is 3.32. The summed E-state index contributed by atoms with van der Waals surface area (Å²) >= 11 is 0. The molecule has 0 aromatic heterocycles. The fraction of sp³-hybridized carbons (Fsp3) is 0.412. The van der Waals surface area contributed by atoms with Crippen LogP contribution in [0.5, 0.6) is 0 Å². The first-order valence-electron chi connectivity index (χ1n) is 14.0. The van der Waals surface area contributed by atoms with Crippen LogP contribution in [-0.2, 0) is 0 Å². The molecule has 0 aromatic rings. The smallest absolute Gasteiger partial charge is 0.0409 e. The highest BCUT2D eigenvalue weighted by Crippen LogP contribution is 2.57. The lowest BCUT2D eigenvalue weighted by molar-refractivity contribution is 0.257. The van der Waals surface area contributed by atoms with Gasteiger partial charge in [-0.25, -0.2) is 0 Å². The fourth-order valence-electron chi connectivity index (χ4n) is 7.71. The van der Waals surface area contributed by atoms with E-state index < -0.39 is 0 Å². The largest absolute Gasteiger partial charge is 0.359 e. The Morgan fingerprint density at radius 1 is 0.806 bits per heavy atom. The first kappa shape index (κ1) is 22.4. The van der Waals surface area contributed by atoms with Crippen LogP contribution in [-0.4, -0.2) is 24.0 Å². The van der Waals surface area contributed by atoms with Crippen molar-refractivity contribution < 1.29 is 0 Å². The predicted octanol–water partition coefficient (Wildman–Crippen LogP) is 7.52. The zero-order chi connectivity index (χ0) is 24.4. The van der Waals surface area contributed by atoms with Gasteiger partial charge in [0.25, 0.3) is 0 Å². The summed E-state index contributed by atoms with van der Waals surface area (Å²) in [6, 6.07) is 0.968. The molecule has 6 aliphatic carbocycles. The second kappa shape index (κ2) is 8.35. The molecule has 7 rings (SSSR count). The molecule has 0 bridgehead atoms. The molecule has 2 heteroatoms. The maximum atomic E-state index is 3.85. The van der Waals surface area contributed by atoms with Crippen molar-refractivity contribution >= 4 is 0 Å². The van der Waals surface area contributed by atoms with Gasteiger partial charge < -0.3 is 5.32 Å². The van der Waals surface area contributed by atoms with Gasteiger partial charge >= 0.3 is 0 Å². The Kier molecular flexibility index (Phi) is 5.19. The highest BCUT2D eigenvalue weighted by Gasteiger charge is 2.45. The summed E-state index contributed by atoms with van der Waals surface area (Å²) in [6.45, 7) is 4.85. The van der Waals surface area contributed by atoms with Crippen LogP contribution >= 0.6 is 0 Å². The van der Waals surface area contributed by atoms with Crippen molar-refractivity contribution in [2.24, 2.45) is 11.3 Å². The zero-order valence-corrected chi connectivity index (χ0v) is 22.0. The number of fused-ring (bicyclic) bond motifs is 6. The van der Waals surface area contributed by atoms with Crippen LogP contribution in [0.4, 0.5) is 0 Å². The lowest BCUT2D eigenvalue weighted by Crippen LogP contribution is -2.35. The van der Waals surface area contributed by atoms with Crippen LogP contribution in [0.25, 0.3) is 0 Å². The Hall–Kier alpha value is -2.84. The lowest BCUT2D eigenvalue weighted by Gasteiger charge is -2.30. The van der Waals surface area contributed by atoms with Gasteiger partial charge in [-0.3, -0.25) is 4.90 Å². The third-order valence-electron chi connectivity index (χ3n) is 9.64. The number of nitrogens with one attached hydrogen (secondary N) is 1. The van der Waals surface area contributed by atoms with E-state index in [2.05, 4.69) is 97.9 Å². The summed E-state index contributed by atoms with van der Waals surface area (Å²) in [7, 11) is 2.32. The average molecular weight is 475 g/mol. The summed E-state index contributed by atoms with van der Waals surface area (Å²) in [5.74, 6) is 0.579. The number of allylic oxidation sites excluding steroid dienone is 15. The molecule has 1 saturated carbocycles. The summed E-state index contributed by atoms with van der Waals surface area (Å²) in [4.78, 5) is 2.61. The minimum atomic E-state index is 0.146. The molecule has 1 N–H and O–H groups in total. The Morgan fingerprint density at radius 3 is 2.53 bits per heavy atom. The first-order valence-corrected chi connectivity index (χ1v) is 14.0. The monoisotopic (exact) mass is 474 g/mol. The van der Waals surface area contributed by atoms with Crippen molar-refractivity contribution in [3.05, 3.63) is 117 Å². The van der Waals surface area contributed by atoms with Crippen LogP contribution in [0.1, 0.15) is 58.8 Å². The molecule has 0 aromatic carbocycles.